The Morgan fingerprint density at radius 2 is 1.94 bits per heavy atom. The lowest BCUT2D eigenvalue weighted by atomic mass is 10.1. The van der Waals surface area contributed by atoms with E-state index < -0.39 is 0 Å². The minimum Gasteiger partial charge on any atom is -0.324 e. The Morgan fingerprint density at radius 3 is 2.59 bits per heavy atom. The maximum atomic E-state index is 5.95. The lowest BCUT2D eigenvalue weighted by Crippen LogP contribution is -2.05. The molecule has 1 atom stereocenters. The summed E-state index contributed by atoms with van der Waals surface area (Å²) in [5, 5.41) is 8.24. The van der Waals surface area contributed by atoms with Gasteiger partial charge in [0.05, 0.1) is 0 Å². The second-order valence-electron chi connectivity index (χ2n) is 3.47. The summed E-state index contributed by atoms with van der Waals surface area (Å²) in [6, 6.07) is 8.19. The van der Waals surface area contributed by atoms with Crippen LogP contribution in [-0.4, -0.2) is 16.5 Å². The van der Waals surface area contributed by atoms with Gasteiger partial charge in [-0.05, 0) is 24.8 Å². The molecule has 6 heteroatoms. The molecule has 3 nitrogen and oxygen atoms in total. The predicted octanol–water partition coefficient (Wildman–Crippen LogP) is 3.43. The molecule has 1 aromatic heterocycles. The van der Waals surface area contributed by atoms with Gasteiger partial charge in [0.25, 0.3) is 0 Å². The van der Waals surface area contributed by atoms with Crippen LogP contribution in [0.5, 0.6) is 0 Å². The summed E-state index contributed by atoms with van der Waals surface area (Å²) >= 11 is 4.86. The van der Waals surface area contributed by atoms with E-state index in [-0.39, 0.29) is 6.04 Å². The Kier molecular flexibility index (Phi) is 4.44. The van der Waals surface area contributed by atoms with Gasteiger partial charge in [0.1, 0.15) is 0 Å². The fourth-order valence-electron chi connectivity index (χ4n) is 1.36. The molecule has 17 heavy (non-hydrogen) atoms. The molecule has 2 aromatic rings. The van der Waals surface area contributed by atoms with E-state index in [1.165, 1.54) is 0 Å². The van der Waals surface area contributed by atoms with Crippen LogP contribution in [0.1, 0.15) is 18.5 Å². The summed E-state index contributed by atoms with van der Waals surface area (Å²) in [6.45, 7) is 1.99. The lowest BCUT2D eigenvalue weighted by Gasteiger charge is -2.10. The van der Waals surface area contributed by atoms with Crippen molar-refractivity contribution in [2.45, 2.75) is 26.5 Å². The summed E-state index contributed by atoms with van der Waals surface area (Å²) in [5.74, 6) is 0. The van der Waals surface area contributed by atoms with E-state index >= 15 is 0 Å². The van der Waals surface area contributed by atoms with Crippen molar-refractivity contribution < 1.29 is 0 Å². The summed E-state index contributed by atoms with van der Waals surface area (Å²) in [4.78, 5) is 1.16. The number of hydrogen-bond donors (Lipinski definition) is 1. The van der Waals surface area contributed by atoms with Crippen LogP contribution < -0.4 is 5.73 Å². The zero-order valence-electron chi connectivity index (χ0n) is 9.58. The van der Waals surface area contributed by atoms with Gasteiger partial charge < -0.3 is 5.73 Å². The first kappa shape index (κ1) is 12.9. The van der Waals surface area contributed by atoms with Crippen molar-refractivity contribution in [1.29, 1.82) is 0 Å². The summed E-state index contributed by atoms with van der Waals surface area (Å²) < 4.78 is 1.95. The zero-order valence-corrected chi connectivity index (χ0v) is 12.0. The van der Waals surface area contributed by atoms with Crippen molar-refractivity contribution in [3.8, 4) is 0 Å². The first-order valence-electron chi connectivity index (χ1n) is 5.10. The molecule has 90 valence electrons. The van der Waals surface area contributed by atoms with Crippen molar-refractivity contribution in [2.24, 2.45) is 5.73 Å². The van der Waals surface area contributed by atoms with E-state index in [1.54, 1.807) is 34.9 Å². The van der Waals surface area contributed by atoms with E-state index in [2.05, 4.69) is 22.3 Å². The average Bonchev–Trinajstić information content (AvgIpc) is 2.77. The SMILES string of the molecule is CSc1nnc(Sc2ccccc2C(C)N)s1. The molecule has 1 aromatic carbocycles. The molecule has 2 N–H and O–H groups in total. The van der Waals surface area contributed by atoms with Gasteiger partial charge in [0.15, 0.2) is 8.68 Å². The maximum Gasteiger partial charge on any atom is 0.179 e. The molecule has 0 amide bonds. The third kappa shape index (κ3) is 3.22. The minimum absolute atomic E-state index is 0.0339. The Balaban J connectivity index is 2.23. The largest absolute Gasteiger partial charge is 0.324 e. The highest BCUT2D eigenvalue weighted by Gasteiger charge is 2.10. The molecule has 0 fully saturated rings. The van der Waals surface area contributed by atoms with Crippen molar-refractivity contribution in [1.82, 2.24) is 10.2 Å². The van der Waals surface area contributed by atoms with Crippen LogP contribution in [0, 0.1) is 0 Å². The molecule has 0 saturated heterocycles. The fourth-order valence-corrected chi connectivity index (χ4v) is 3.99. The van der Waals surface area contributed by atoms with E-state index in [1.807, 2.05) is 25.3 Å². The van der Waals surface area contributed by atoms with Gasteiger partial charge in [0, 0.05) is 10.9 Å². The van der Waals surface area contributed by atoms with Gasteiger partial charge in [-0.3, -0.25) is 0 Å². The van der Waals surface area contributed by atoms with E-state index in [0.29, 0.717) is 0 Å². The number of thioether (sulfide) groups is 1. The lowest BCUT2D eigenvalue weighted by molar-refractivity contribution is 0.797. The van der Waals surface area contributed by atoms with Crippen LogP contribution in [-0.2, 0) is 0 Å². The number of benzene rings is 1. The maximum absolute atomic E-state index is 5.95. The monoisotopic (exact) mass is 283 g/mol. The summed E-state index contributed by atoms with van der Waals surface area (Å²) in [5.41, 5.74) is 7.10. The first-order valence-corrected chi connectivity index (χ1v) is 7.96. The molecule has 0 bridgehead atoms. The number of nitrogens with two attached hydrogens (primary N) is 1. The molecule has 1 heterocycles. The third-order valence-electron chi connectivity index (χ3n) is 2.17. The van der Waals surface area contributed by atoms with Crippen LogP contribution >= 0.6 is 34.9 Å². The molecule has 0 saturated carbocycles. The highest BCUT2D eigenvalue weighted by molar-refractivity contribution is 8.03. The number of nitrogens with zero attached hydrogens (tertiary/aromatic N) is 2. The second kappa shape index (κ2) is 5.86. The van der Waals surface area contributed by atoms with E-state index in [9.17, 15) is 0 Å². The third-order valence-corrected chi connectivity index (χ3v) is 5.21. The van der Waals surface area contributed by atoms with Crippen molar-refractivity contribution in [3.63, 3.8) is 0 Å². The van der Waals surface area contributed by atoms with Crippen LogP contribution in [0.2, 0.25) is 0 Å². The molecular weight excluding hydrogens is 270 g/mol. The minimum atomic E-state index is 0.0339. The number of aromatic nitrogens is 2. The zero-order chi connectivity index (χ0) is 12.3. The van der Waals surface area contributed by atoms with Crippen molar-refractivity contribution in [2.75, 3.05) is 6.26 Å². The molecule has 2 rings (SSSR count). The van der Waals surface area contributed by atoms with Crippen LogP contribution in [0.4, 0.5) is 0 Å². The molecule has 0 aliphatic carbocycles. The first-order chi connectivity index (χ1) is 8.20. The number of rotatable bonds is 4. The molecular formula is C11H13N3S3. The number of hydrogen-bond acceptors (Lipinski definition) is 6. The Bertz CT molecular complexity index is 496. The van der Waals surface area contributed by atoms with Gasteiger partial charge in [-0.1, -0.05) is 53.1 Å². The summed E-state index contributed by atoms with van der Waals surface area (Å²) in [7, 11) is 0. The van der Waals surface area contributed by atoms with Crippen LogP contribution in [0.15, 0.2) is 37.8 Å². The van der Waals surface area contributed by atoms with Gasteiger partial charge in [-0.2, -0.15) is 0 Å². The van der Waals surface area contributed by atoms with Gasteiger partial charge >= 0.3 is 0 Å². The molecule has 0 radical (unpaired) electrons. The summed E-state index contributed by atoms with van der Waals surface area (Å²) in [6.07, 6.45) is 2.00. The van der Waals surface area contributed by atoms with Crippen molar-refractivity contribution in [3.05, 3.63) is 29.8 Å². The Labute approximate surface area is 113 Å². The van der Waals surface area contributed by atoms with E-state index in [0.717, 1.165) is 19.1 Å². The quantitative estimate of drug-likeness (QED) is 0.871. The van der Waals surface area contributed by atoms with Gasteiger partial charge in [0.2, 0.25) is 0 Å². The van der Waals surface area contributed by atoms with Crippen LogP contribution in [0.25, 0.3) is 0 Å². The predicted molar refractivity (Wildman–Crippen MR) is 74.9 cm³/mol. The van der Waals surface area contributed by atoms with E-state index in [4.69, 9.17) is 5.73 Å². The Morgan fingerprint density at radius 1 is 1.24 bits per heavy atom. The average molecular weight is 283 g/mol. The smallest absolute Gasteiger partial charge is 0.179 e. The molecule has 0 aliphatic rings. The van der Waals surface area contributed by atoms with Gasteiger partial charge in [-0.15, -0.1) is 10.2 Å². The van der Waals surface area contributed by atoms with Crippen LogP contribution in [0.3, 0.4) is 0 Å². The van der Waals surface area contributed by atoms with Crippen molar-refractivity contribution >= 4 is 34.9 Å². The molecule has 0 aliphatic heterocycles. The molecule has 1 unspecified atom stereocenters. The Hall–Kier alpha value is -0.560. The molecule has 0 spiro atoms. The normalized spacial score (nSPS) is 12.6. The fraction of sp³-hybridized carbons (Fsp3) is 0.273. The second-order valence-corrected chi connectivity index (χ2v) is 6.79. The highest BCUT2D eigenvalue weighted by atomic mass is 32.2. The standard InChI is InChI=1S/C11H13N3S3/c1-7(12)8-5-3-4-6-9(8)16-11-14-13-10(15-2)17-11/h3-7H,12H2,1-2H3. The van der Waals surface area contributed by atoms with Gasteiger partial charge in [-0.25, -0.2) is 0 Å². The topological polar surface area (TPSA) is 51.8 Å². The highest BCUT2D eigenvalue weighted by Crippen LogP contribution is 2.35.